The van der Waals surface area contributed by atoms with Crippen molar-refractivity contribution in [3.63, 3.8) is 0 Å². The maximum Gasteiger partial charge on any atom is 0.317 e. The molecule has 2 aliphatic heterocycles. The summed E-state index contributed by atoms with van der Waals surface area (Å²) < 4.78 is 7.97. The maximum atomic E-state index is 12.8. The minimum Gasteiger partial charge on any atom is -0.376 e. The molecule has 1 aliphatic carbocycles. The van der Waals surface area contributed by atoms with Gasteiger partial charge < -0.3 is 19.5 Å². The van der Waals surface area contributed by atoms with Crippen LogP contribution >= 0.6 is 0 Å². The van der Waals surface area contributed by atoms with Gasteiger partial charge in [-0.05, 0) is 32.1 Å². The summed E-state index contributed by atoms with van der Waals surface area (Å²) in [5.74, 6) is 2.09. The molecule has 0 bridgehead atoms. The van der Waals surface area contributed by atoms with Crippen molar-refractivity contribution in [3.05, 3.63) is 11.6 Å². The van der Waals surface area contributed by atoms with Crippen LogP contribution in [0.25, 0.3) is 0 Å². The fraction of sp³-hybridized carbons (Fsp3) is 0.833. The van der Waals surface area contributed by atoms with E-state index in [4.69, 9.17) is 4.74 Å². The number of carbonyl (C=O) groups excluding carboxylic acids is 1. The normalized spacial score (nSPS) is 23.1. The van der Waals surface area contributed by atoms with Gasteiger partial charge in [-0.15, -0.1) is 10.2 Å². The number of ether oxygens (including phenoxy) is 1. The molecule has 0 spiro atoms. The predicted molar refractivity (Wildman–Crippen MR) is 93.4 cm³/mol. The highest BCUT2D eigenvalue weighted by Crippen LogP contribution is 2.25. The zero-order chi connectivity index (χ0) is 17.1. The van der Waals surface area contributed by atoms with Gasteiger partial charge in [0.25, 0.3) is 0 Å². The number of amides is 2. The average Bonchev–Trinajstić information content (AvgIpc) is 3.37. The molecule has 1 aromatic rings. The molecule has 7 heteroatoms. The van der Waals surface area contributed by atoms with Crippen molar-refractivity contribution in [3.8, 4) is 0 Å². The van der Waals surface area contributed by atoms with Crippen LogP contribution in [0.15, 0.2) is 0 Å². The molecule has 1 atom stereocenters. The lowest BCUT2D eigenvalue weighted by Crippen LogP contribution is -2.48. The lowest BCUT2D eigenvalue weighted by atomic mass is 10.1. The van der Waals surface area contributed by atoms with Crippen molar-refractivity contribution in [2.45, 2.75) is 76.5 Å². The van der Waals surface area contributed by atoms with Crippen LogP contribution in [0.4, 0.5) is 4.79 Å². The van der Waals surface area contributed by atoms with Gasteiger partial charge in [-0.25, -0.2) is 4.79 Å². The second-order valence-electron chi connectivity index (χ2n) is 7.50. The van der Waals surface area contributed by atoms with E-state index in [-0.39, 0.29) is 12.1 Å². The van der Waals surface area contributed by atoms with E-state index in [1.54, 1.807) is 0 Å². The summed E-state index contributed by atoms with van der Waals surface area (Å²) >= 11 is 0. The Morgan fingerprint density at radius 3 is 2.88 bits per heavy atom. The highest BCUT2D eigenvalue weighted by molar-refractivity contribution is 5.74. The molecule has 138 valence electrons. The number of aryl methyl sites for hydroxylation is 1. The molecular formula is C18H29N5O2. The number of nitrogens with one attached hydrogen (secondary N) is 1. The Balaban J connectivity index is 1.31. The SMILES string of the molecule is O=C(NCCc1nnc2n1CCC2)N(C[C@H]1CCCO1)C1CCCC1. The summed E-state index contributed by atoms with van der Waals surface area (Å²) in [6.07, 6.45) is 10.0. The third-order valence-electron chi connectivity index (χ3n) is 5.76. The highest BCUT2D eigenvalue weighted by atomic mass is 16.5. The third-order valence-corrected chi connectivity index (χ3v) is 5.76. The molecule has 25 heavy (non-hydrogen) atoms. The fourth-order valence-electron chi connectivity index (χ4n) is 4.40. The van der Waals surface area contributed by atoms with Gasteiger partial charge in [0.15, 0.2) is 0 Å². The van der Waals surface area contributed by atoms with Gasteiger partial charge in [0, 0.05) is 45.1 Å². The molecule has 3 aliphatic rings. The summed E-state index contributed by atoms with van der Waals surface area (Å²) in [6, 6.07) is 0.435. The van der Waals surface area contributed by atoms with Crippen molar-refractivity contribution in [2.24, 2.45) is 0 Å². The zero-order valence-electron chi connectivity index (χ0n) is 15.0. The molecule has 2 amide bonds. The van der Waals surface area contributed by atoms with Crippen LogP contribution in [0.1, 0.15) is 56.6 Å². The smallest absolute Gasteiger partial charge is 0.317 e. The van der Waals surface area contributed by atoms with Crippen LogP contribution in [0.3, 0.4) is 0 Å². The topological polar surface area (TPSA) is 72.3 Å². The van der Waals surface area contributed by atoms with Crippen molar-refractivity contribution < 1.29 is 9.53 Å². The zero-order valence-corrected chi connectivity index (χ0v) is 15.0. The summed E-state index contributed by atoms with van der Waals surface area (Å²) in [5.41, 5.74) is 0. The van der Waals surface area contributed by atoms with E-state index in [0.29, 0.717) is 12.6 Å². The Labute approximate surface area is 149 Å². The number of fused-ring (bicyclic) bond motifs is 1. The molecule has 7 nitrogen and oxygen atoms in total. The van der Waals surface area contributed by atoms with E-state index < -0.39 is 0 Å². The first kappa shape index (κ1) is 16.8. The number of hydrogen-bond donors (Lipinski definition) is 1. The fourth-order valence-corrected chi connectivity index (χ4v) is 4.40. The Hall–Kier alpha value is -1.63. The first-order valence-electron chi connectivity index (χ1n) is 9.88. The van der Waals surface area contributed by atoms with Gasteiger partial charge in [0.1, 0.15) is 11.6 Å². The van der Waals surface area contributed by atoms with Crippen LogP contribution in [0.2, 0.25) is 0 Å². The molecule has 2 fully saturated rings. The molecule has 1 saturated carbocycles. The Morgan fingerprint density at radius 2 is 2.08 bits per heavy atom. The van der Waals surface area contributed by atoms with Gasteiger partial charge in [0.05, 0.1) is 6.10 Å². The molecule has 0 aromatic carbocycles. The van der Waals surface area contributed by atoms with Crippen LogP contribution in [0.5, 0.6) is 0 Å². The second kappa shape index (κ2) is 7.72. The monoisotopic (exact) mass is 347 g/mol. The number of nitrogens with zero attached hydrogens (tertiary/aromatic N) is 4. The third kappa shape index (κ3) is 3.81. The lowest BCUT2D eigenvalue weighted by molar-refractivity contribution is 0.0700. The molecule has 1 N–H and O–H groups in total. The van der Waals surface area contributed by atoms with Crippen molar-refractivity contribution in [1.29, 1.82) is 0 Å². The summed E-state index contributed by atoms with van der Waals surface area (Å²) in [5, 5.41) is 11.6. The molecule has 4 rings (SSSR count). The van der Waals surface area contributed by atoms with Crippen molar-refractivity contribution >= 4 is 6.03 Å². The van der Waals surface area contributed by atoms with Gasteiger partial charge in [-0.2, -0.15) is 0 Å². The first-order chi connectivity index (χ1) is 12.3. The largest absolute Gasteiger partial charge is 0.376 e. The highest BCUT2D eigenvalue weighted by Gasteiger charge is 2.30. The van der Waals surface area contributed by atoms with Gasteiger partial charge in [-0.1, -0.05) is 12.8 Å². The number of aromatic nitrogens is 3. The van der Waals surface area contributed by atoms with Crippen LogP contribution in [0, 0.1) is 0 Å². The van der Waals surface area contributed by atoms with E-state index in [1.165, 1.54) is 12.8 Å². The van der Waals surface area contributed by atoms with Crippen LogP contribution < -0.4 is 5.32 Å². The molecule has 0 radical (unpaired) electrons. The summed E-state index contributed by atoms with van der Waals surface area (Å²) in [6.45, 7) is 3.20. The van der Waals surface area contributed by atoms with E-state index in [2.05, 4.69) is 20.1 Å². The Morgan fingerprint density at radius 1 is 1.20 bits per heavy atom. The lowest BCUT2D eigenvalue weighted by Gasteiger charge is -2.31. The van der Waals surface area contributed by atoms with E-state index in [9.17, 15) is 4.79 Å². The summed E-state index contributed by atoms with van der Waals surface area (Å²) in [4.78, 5) is 14.8. The standard InChI is InChI=1S/C18H29N5O2/c24-18(19-10-9-17-21-20-16-8-3-11-22(16)17)23(14-5-1-2-6-14)13-15-7-4-12-25-15/h14-15H,1-13H2,(H,19,24)/t15-/m1/s1. The number of rotatable bonds is 6. The van der Waals surface area contributed by atoms with Crippen molar-refractivity contribution in [1.82, 2.24) is 25.0 Å². The van der Waals surface area contributed by atoms with E-state index >= 15 is 0 Å². The first-order valence-corrected chi connectivity index (χ1v) is 9.88. The molecule has 3 heterocycles. The van der Waals surface area contributed by atoms with Crippen LogP contribution in [-0.4, -0.2) is 57.5 Å². The van der Waals surface area contributed by atoms with E-state index in [0.717, 1.165) is 76.3 Å². The molecule has 0 unspecified atom stereocenters. The van der Waals surface area contributed by atoms with Crippen LogP contribution in [-0.2, 0) is 24.1 Å². The van der Waals surface area contributed by atoms with Gasteiger partial charge in [0.2, 0.25) is 0 Å². The number of urea groups is 1. The van der Waals surface area contributed by atoms with Gasteiger partial charge in [-0.3, -0.25) is 0 Å². The summed E-state index contributed by atoms with van der Waals surface area (Å²) in [7, 11) is 0. The number of carbonyl (C=O) groups is 1. The molecular weight excluding hydrogens is 318 g/mol. The van der Waals surface area contributed by atoms with Crippen molar-refractivity contribution in [2.75, 3.05) is 19.7 Å². The Bertz CT molecular complexity index is 590. The maximum absolute atomic E-state index is 12.8. The number of hydrogen-bond acceptors (Lipinski definition) is 4. The minimum atomic E-state index is 0.0589. The second-order valence-corrected chi connectivity index (χ2v) is 7.50. The minimum absolute atomic E-state index is 0.0589. The van der Waals surface area contributed by atoms with E-state index in [1.807, 2.05) is 4.90 Å². The molecule has 1 saturated heterocycles. The average molecular weight is 347 g/mol. The quantitative estimate of drug-likeness (QED) is 0.853. The van der Waals surface area contributed by atoms with Gasteiger partial charge >= 0.3 is 6.03 Å². The predicted octanol–water partition coefficient (Wildman–Crippen LogP) is 1.90. The molecule has 1 aromatic heterocycles. The Kier molecular flexibility index (Phi) is 5.20.